The lowest BCUT2D eigenvalue weighted by Gasteiger charge is -2.26. The number of hydrogen-bond acceptors (Lipinski definition) is 6. The lowest BCUT2D eigenvalue weighted by Crippen LogP contribution is -2.39. The zero-order chi connectivity index (χ0) is 25.8. The molecule has 1 aliphatic rings. The summed E-state index contributed by atoms with van der Waals surface area (Å²) in [4.78, 5) is 51.8. The predicted molar refractivity (Wildman–Crippen MR) is 131 cm³/mol. The SMILES string of the molecule is CN(CCN(C)C(=O)c1ccc(NC(=O)Nc2ccc3c(c2)C(=O)CO3)cc1)C(=O)OC(C)(C)C. The Morgan fingerprint density at radius 1 is 0.943 bits per heavy atom. The van der Waals surface area contributed by atoms with Crippen LogP contribution in [0.4, 0.5) is 21.0 Å². The molecule has 1 heterocycles. The number of nitrogens with one attached hydrogen (secondary N) is 2. The molecule has 0 spiro atoms. The number of benzene rings is 2. The first-order valence-corrected chi connectivity index (χ1v) is 11.1. The van der Waals surface area contributed by atoms with Crippen molar-refractivity contribution in [1.29, 1.82) is 0 Å². The molecule has 0 atom stereocenters. The summed E-state index contributed by atoms with van der Waals surface area (Å²) in [7, 11) is 3.27. The van der Waals surface area contributed by atoms with Crippen molar-refractivity contribution in [3.8, 4) is 5.75 Å². The van der Waals surface area contributed by atoms with Crippen molar-refractivity contribution in [2.45, 2.75) is 26.4 Å². The van der Waals surface area contributed by atoms with E-state index in [9.17, 15) is 19.2 Å². The molecule has 0 unspecified atom stereocenters. The average molecular weight is 483 g/mol. The summed E-state index contributed by atoms with van der Waals surface area (Å²) in [6.45, 7) is 6.03. The number of Topliss-reactive ketones (excluding diaryl/α,β-unsaturated/α-hetero) is 1. The number of anilines is 2. The third-order valence-corrected chi connectivity index (χ3v) is 5.11. The van der Waals surface area contributed by atoms with E-state index < -0.39 is 17.7 Å². The molecule has 0 radical (unpaired) electrons. The summed E-state index contributed by atoms with van der Waals surface area (Å²) >= 11 is 0. The van der Waals surface area contributed by atoms with E-state index >= 15 is 0 Å². The smallest absolute Gasteiger partial charge is 0.410 e. The standard InChI is InChI=1S/C25H30N4O6/c1-25(2,3)35-24(33)29(5)13-12-28(4)22(31)16-6-8-17(9-7-16)26-23(32)27-18-10-11-21-19(14-18)20(30)15-34-21/h6-11,14H,12-13,15H2,1-5H3,(H2,26,27,32). The van der Waals surface area contributed by atoms with E-state index in [4.69, 9.17) is 9.47 Å². The minimum Gasteiger partial charge on any atom is -0.485 e. The van der Waals surface area contributed by atoms with Crippen molar-refractivity contribution >= 4 is 35.2 Å². The van der Waals surface area contributed by atoms with Gasteiger partial charge in [-0.05, 0) is 63.2 Å². The minimum absolute atomic E-state index is 0.00564. The van der Waals surface area contributed by atoms with Crippen LogP contribution in [-0.4, -0.2) is 73.0 Å². The maximum Gasteiger partial charge on any atom is 0.410 e. The normalized spacial score (nSPS) is 12.3. The number of amides is 4. The van der Waals surface area contributed by atoms with Gasteiger partial charge in [-0.3, -0.25) is 9.59 Å². The number of hydrogen-bond donors (Lipinski definition) is 2. The van der Waals surface area contributed by atoms with Crippen molar-refractivity contribution in [3.63, 3.8) is 0 Å². The highest BCUT2D eigenvalue weighted by Crippen LogP contribution is 2.28. The van der Waals surface area contributed by atoms with E-state index in [1.54, 1.807) is 77.3 Å². The monoisotopic (exact) mass is 482 g/mol. The second-order valence-corrected chi connectivity index (χ2v) is 9.21. The maximum absolute atomic E-state index is 12.7. The lowest BCUT2D eigenvalue weighted by molar-refractivity contribution is 0.0283. The largest absolute Gasteiger partial charge is 0.485 e. The number of ketones is 1. The molecule has 186 valence electrons. The van der Waals surface area contributed by atoms with Crippen LogP contribution in [0, 0.1) is 0 Å². The van der Waals surface area contributed by atoms with Gasteiger partial charge < -0.3 is 29.9 Å². The second-order valence-electron chi connectivity index (χ2n) is 9.21. The first-order valence-electron chi connectivity index (χ1n) is 11.1. The molecule has 0 saturated carbocycles. The van der Waals surface area contributed by atoms with Gasteiger partial charge in [-0.1, -0.05) is 0 Å². The summed E-state index contributed by atoms with van der Waals surface area (Å²) in [5, 5.41) is 5.36. The van der Waals surface area contributed by atoms with Crippen LogP contribution in [0.3, 0.4) is 0 Å². The van der Waals surface area contributed by atoms with Gasteiger partial charge >= 0.3 is 12.1 Å². The topological polar surface area (TPSA) is 117 Å². The molecule has 10 nitrogen and oxygen atoms in total. The van der Waals surface area contributed by atoms with Crippen LogP contribution in [-0.2, 0) is 4.74 Å². The van der Waals surface area contributed by atoms with Crippen molar-refractivity contribution < 1.29 is 28.7 Å². The predicted octanol–water partition coefficient (Wildman–Crippen LogP) is 3.84. The van der Waals surface area contributed by atoms with Crippen molar-refractivity contribution in [1.82, 2.24) is 9.80 Å². The number of rotatable bonds is 6. The van der Waals surface area contributed by atoms with E-state index in [1.807, 2.05) is 0 Å². The molecule has 2 aromatic carbocycles. The molecule has 0 fully saturated rings. The molecule has 10 heteroatoms. The van der Waals surface area contributed by atoms with Crippen LogP contribution in [0.25, 0.3) is 0 Å². The van der Waals surface area contributed by atoms with Gasteiger partial charge in [0.15, 0.2) is 6.61 Å². The van der Waals surface area contributed by atoms with Crippen molar-refractivity contribution in [2.75, 3.05) is 44.4 Å². The van der Waals surface area contributed by atoms with Gasteiger partial charge in [0.1, 0.15) is 11.4 Å². The fraction of sp³-hybridized carbons (Fsp3) is 0.360. The maximum atomic E-state index is 12.7. The Kier molecular flexibility index (Phi) is 7.63. The molecule has 2 N–H and O–H groups in total. The summed E-state index contributed by atoms with van der Waals surface area (Å²) < 4.78 is 10.5. The van der Waals surface area contributed by atoms with Gasteiger partial charge in [-0.15, -0.1) is 0 Å². The molecule has 0 saturated heterocycles. The van der Waals surface area contributed by atoms with Crippen molar-refractivity contribution in [3.05, 3.63) is 53.6 Å². The average Bonchev–Trinajstić information content (AvgIpc) is 3.16. The molecule has 0 aliphatic carbocycles. The number of likely N-dealkylation sites (N-methyl/N-ethyl adjacent to an activating group) is 2. The number of urea groups is 1. The third kappa shape index (κ3) is 6.95. The third-order valence-electron chi connectivity index (χ3n) is 5.11. The highest BCUT2D eigenvalue weighted by molar-refractivity contribution is 6.05. The summed E-state index contributed by atoms with van der Waals surface area (Å²) in [5.41, 5.74) is 1.24. The number of carbonyl (C=O) groups excluding carboxylic acids is 4. The Bertz CT molecular complexity index is 1120. The Balaban J connectivity index is 1.50. The van der Waals surface area contributed by atoms with Crippen LogP contribution in [0.15, 0.2) is 42.5 Å². The molecular formula is C25H30N4O6. The molecule has 2 aromatic rings. The van der Waals surface area contributed by atoms with Gasteiger partial charge in [0, 0.05) is 44.1 Å². The number of nitrogens with zero attached hydrogens (tertiary/aromatic N) is 2. The number of ether oxygens (including phenoxy) is 2. The van der Waals surface area contributed by atoms with Gasteiger partial charge in [-0.2, -0.15) is 0 Å². The van der Waals surface area contributed by atoms with Crippen LogP contribution < -0.4 is 15.4 Å². The van der Waals surface area contributed by atoms with Crippen molar-refractivity contribution in [2.24, 2.45) is 0 Å². The Labute approximate surface area is 204 Å². The minimum atomic E-state index is -0.588. The fourth-order valence-corrected chi connectivity index (χ4v) is 3.22. The molecule has 0 bridgehead atoms. The van der Waals surface area contributed by atoms with Gasteiger partial charge in [0.05, 0.1) is 5.56 Å². The first-order chi connectivity index (χ1) is 16.4. The molecule has 35 heavy (non-hydrogen) atoms. The molecule has 4 amide bonds. The zero-order valence-electron chi connectivity index (χ0n) is 20.5. The van der Waals surface area contributed by atoms with Gasteiger partial charge in [0.2, 0.25) is 5.78 Å². The van der Waals surface area contributed by atoms with Crippen LogP contribution in [0.1, 0.15) is 41.5 Å². The summed E-state index contributed by atoms with van der Waals surface area (Å²) in [6, 6.07) is 10.8. The van der Waals surface area contributed by atoms with E-state index in [-0.39, 0.29) is 18.3 Å². The van der Waals surface area contributed by atoms with Gasteiger partial charge in [0.25, 0.3) is 5.91 Å². The highest BCUT2D eigenvalue weighted by Gasteiger charge is 2.22. The van der Waals surface area contributed by atoms with Crippen LogP contribution in [0.2, 0.25) is 0 Å². The molecular weight excluding hydrogens is 452 g/mol. The fourth-order valence-electron chi connectivity index (χ4n) is 3.22. The zero-order valence-corrected chi connectivity index (χ0v) is 20.5. The lowest BCUT2D eigenvalue weighted by atomic mass is 10.1. The molecule has 0 aromatic heterocycles. The van der Waals surface area contributed by atoms with Crippen LogP contribution >= 0.6 is 0 Å². The number of carbonyl (C=O) groups is 4. The van der Waals surface area contributed by atoms with E-state index in [2.05, 4.69) is 10.6 Å². The summed E-state index contributed by atoms with van der Waals surface area (Å²) in [6.07, 6.45) is -0.452. The first kappa shape index (κ1) is 25.5. The number of fused-ring (bicyclic) bond motifs is 1. The highest BCUT2D eigenvalue weighted by atomic mass is 16.6. The van der Waals surface area contributed by atoms with E-state index in [0.29, 0.717) is 41.3 Å². The molecule has 3 rings (SSSR count). The summed E-state index contributed by atoms with van der Waals surface area (Å²) in [5.74, 6) is 0.150. The van der Waals surface area contributed by atoms with E-state index in [1.165, 1.54) is 9.80 Å². The quantitative estimate of drug-likeness (QED) is 0.646. The Hall–Kier alpha value is -4.08. The van der Waals surface area contributed by atoms with Gasteiger partial charge in [-0.25, -0.2) is 9.59 Å². The molecule has 1 aliphatic heterocycles. The van der Waals surface area contributed by atoms with E-state index in [0.717, 1.165) is 0 Å². The second kappa shape index (κ2) is 10.5. The van der Waals surface area contributed by atoms with Crippen LogP contribution in [0.5, 0.6) is 5.75 Å². The Morgan fingerprint density at radius 3 is 2.20 bits per heavy atom. The Morgan fingerprint density at radius 2 is 1.54 bits per heavy atom.